The van der Waals surface area contributed by atoms with Gasteiger partial charge in [-0.25, -0.2) is 4.79 Å². The quantitative estimate of drug-likeness (QED) is 0.266. The number of thiocarbonyl (C=S) groups is 1. The molecular formula is C20H22N4O5S2. The number of thioether (sulfide) groups is 1. The van der Waals surface area contributed by atoms with Gasteiger partial charge in [-0.2, -0.15) is 0 Å². The molecule has 11 heteroatoms. The fraction of sp³-hybridized carbons (Fsp3) is 0.200. The van der Waals surface area contributed by atoms with Crippen LogP contribution in [-0.4, -0.2) is 48.6 Å². The Bertz CT molecular complexity index is 937. The molecule has 0 unspecified atom stereocenters. The third-order valence-electron chi connectivity index (χ3n) is 3.70. The maximum absolute atomic E-state index is 11.9. The fourth-order valence-corrected chi connectivity index (χ4v) is 3.06. The lowest BCUT2D eigenvalue weighted by molar-refractivity contribution is -0.119. The van der Waals surface area contributed by atoms with Crippen LogP contribution in [-0.2, 0) is 14.3 Å². The summed E-state index contributed by atoms with van der Waals surface area (Å²) in [5.41, 5.74) is 6.56. The summed E-state index contributed by atoms with van der Waals surface area (Å²) in [5, 5.41) is 5.72. The zero-order valence-corrected chi connectivity index (χ0v) is 18.5. The number of nitrogens with one attached hydrogen (secondary N) is 4. The van der Waals surface area contributed by atoms with Gasteiger partial charge in [-0.3, -0.25) is 20.4 Å². The summed E-state index contributed by atoms with van der Waals surface area (Å²) in [5.74, 6) is -0.177. The number of anilines is 2. The number of esters is 1. The monoisotopic (exact) mass is 462 g/mol. The van der Waals surface area contributed by atoms with Gasteiger partial charge < -0.3 is 20.1 Å². The summed E-state index contributed by atoms with van der Waals surface area (Å²) < 4.78 is 9.72. The molecule has 2 aromatic rings. The molecule has 0 radical (unpaired) electrons. The number of rotatable bonds is 8. The summed E-state index contributed by atoms with van der Waals surface area (Å²) in [6, 6.07) is 13.5. The lowest BCUT2D eigenvalue weighted by Crippen LogP contribution is -2.44. The Hall–Kier alpha value is -3.31. The standard InChI is InChI=1S/C20H22N4O5S2/c1-28-16-8-6-14(7-9-16)21-17(25)11-31-12-18(26)23-24-20(30)22-15-5-3-4-13(10-15)19(27)29-2/h3-10H,11-12H2,1-2H3,(H,21,25)(H,23,26)(H2,22,24,30). The highest BCUT2D eigenvalue weighted by Crippen LogP contribution is 2.15. The first-order valence-electron chi connectivity index (χ1n) is 8.97. The summed E-state index contributed by atoms with van der Waals surface area (Å²) in [6.45, 7) is 0. The zero-order valence-electron chi connectivity index (χ0n) is 16.9. The van der Waals surface area contributed by atoms with Crippen LogP contribution < -0.4 is 26.2 Å². The third kappa shape index (κ3) is 8.52. The number of carbonyl (C=O) groups excluding carboxylic acids is 3. The van der Waals surface area contributed by atoms with E-state index in [1.165, 1.54) is 7.11 Å². The molecule has 0 aliphatic carbocycles. The van der Waals surface area contributed by atoms with Crippen molar-refractivity contribution in [2.75, 3.05) is 36.4 Å². The lowest BCUT2D eigenvalue weighted by atomic mass is 10.2. The fourth-order valence-electron chi connectivity index (χ4n) is 2.27. The number of hydrogen-bond acceptors (Lipinski definition) is 7. The van der Waals surface area contributed by atoms with E-state index in [2.05, 4.69) is 26.2 Å². The number of hydrazine groups is 1. The predicted molar refractivity (Wildman–Crippen MR) is 124 cm³/mol. The maximum Gasteiger partial charge on any atom is 0.337 e. The van der Waals surface area contributed by atoms with Gasteiger partial charge in [0.15, 0.2) is 5.11 Å². The van der Waals surface area contributed by atoms with Crippen molar-refractivity contribution in [3.8, 4) is 5.75 Å². The number of carbonyl (C=O) groups is 3. The second-order valence-corrected chi connectivity index (χ2v) is 7.36. The Labute approximate surface area is 189 Å². The van der Waals surface area contributed by atoms with Crippen LogP contribution in [0.25, 0.3) is 0 Å². The van der Waals surface area contributed by atoms with Crippen LogP contribution in [0.4, 0.5) is 11.4 Å². The predicted octanol–water partition coefficient (Wildman–Crippen LogP) is 2.17. The van der Waals surface area contributed by atoms with Crippen molar-refractivity contribution < 1.29 is 23.9 Å². The van der Waals surface area contributed by atoms with Crippen molar-refractivity contribution in [1.29, 1.82) is 0 Å². The summed E-state index contributed by atoms with van der Waals surface area (Å²) in [7, 11) is 2.86. The normalized spacial score (nSPS) is 9.87. The largest absolute Gasteiger partial charge is 0.497 e. The molecule has 2 aromatic carbocycles. The van der Waals surface area contributed by atoms with Crippen molar-refractivity contribution in [2.45, 2.75) is 0 Å². The first-order valence-corrected chi connectivity index (χ1v) is 10.5. The minimum atomic E-state index is -0.469. The van der Waals surface area contributed by atoms with Crippen LogP contribution in [0, 0.1) is 0 Å². The highest BCUT2D eigenvalue weighted by molar-refractivity contribution is 8.00. The molecular weight excluding hydrogens is 440 g/mol. The van der Waals surface area contributed by atoms with Gasteiger partial charge in [0, 0.05) is 11.4 Å². The van der Waals surface area contributed by atoms with E-state index >= 15 is 0 Å². The smallest absolute Gasteiger partial charge is 0.337 e. The van der Waals surface area contributed by atoms with Crippen LogP contribution in [0.15, 0.2) is 48.5 Å². The molecule has 0 spiro atoms. The van der Waals surface area contributed by atoms with Crippen LogP contribution in [0.5, 0.6) is 5.75 Å². The maximum atomic E-state index is 11.9. The number of amides is 2. The number of hydrogen-bond donors (Lipinski definition) is 4. The average Bonchev–Trinajstić information content (AvgIpc) is 2.77. The topological polar surface area (TPSA) is 118 Å². The van der Waals surface area contributed by atoms with Gasteiger partial charge in [0.25, 0.3) is 0 Å². The molecule has 164 valence electrons. The summed E-state index contributed by atoms with van der Waals surface area (Å²) in [4.78, 5) is 35.4. The molecule has 4 N–H and O–H groups in total. The van der Waals surface area contributed by atoms with E-state index < -0.39 is 5.97 Å². The molecule has 0 fully saturated rings. The number of benzene rings is 2. The molecule has 0 saturated carbocycles. The van der Waals surface area contributed by atoms with Gasteiger partial charge in [0.05, 0.1) is 31.3 Å². The molecule has 0 bridgehead atoms. The minimum Gasteiger partial charge on any atom is -0.497 e. The van der Waals surface area contributed by atoms with Gasteiger partial charge in [-0.1, -0.05) is 6.07 Å². The van der Waals surface area contributed by atoms with E-state index in [-0.39, 0.29) is 28.4 Å². The molecule has 0 heterocycles. The molecule has 0 aliphatic heterocycles. The Morgan fingerprint density at radius 3 is 2.29 bits per heavy atom. The first-order chi connectivity index (χ1) is 14.9. The van der Waals surface area contributed by atoms with Crippen LogP contribution in [0.1, 0.15) is 10.4 Å². The molecule has 2 amide bonds. The minimum absolute atomic E-state index is 0.0590. The Kier molecular flexibility index (Phi) is 9.59. The Morgan fingerprint density at radius 2 is 1.61 bits per heavy atom. The summed E-state index contributed by atoms with van der Waals surface area (Å²) in [6.07, 6.45) is 0. The van der Waals surface area contributed by atoms with E-state index in [1.54, 1.807) is 55.6 Å². The van der Waals surface area contributed by atoms with Gasteiger partial charge in [0.2, 0.25) is 11.8 Å². The summed E-state index contributed by atoms with van der Waals surface area (Å²) >= 11 is 6.26. The lowest BCUT2D eigenvalue weighted by Gasteiger charge is -2.12. The molecule has 0 aliphatic rings. The molecule has 0 saturated heterocycles. The van der Waals surface area contributed by atoms with Crippen LogP contribution in [0.2, 0.25) is 0 Å². The van der Waals surface area contributed by atoms with Crippen LogP contribution >= 0.6 is 24.0 Å². The van der Waals surface area contributed by atoms with E-state index in [0.717, 1.165) is 11.8 Å². The molecule has 9 nitrogen and oxygen atoms in total. The molecule has 31 heavy (non-hydrogen) atoms. The van der Waals surface area contributed by atoms with Crippen LogP contribution in [0.3, 0.4) is 0 Å². The molecule has 2 rings (SSSR count). The SMILES string of the molecule is COC(=O)c1cccc(NC(=S)NNC(=O)CSCC(=O)Nc2ccc(OC)cc2)c1. The Balaban J connectivity index is 1.66. The van der Waals surface area contributed by atoms with Gasteiger partial charge in [-0.05, 0) is 54.7 Å². The zero-order chi connectivity index (χ0) is 22.6. The van der Waals surface area contributed by atoms with Gasteiger partial charge in [0.1, 0.15) is 5.75 Å². The highest BCUT2D eigenvalue weighted by Gasteiger charge is 2.08. The first kappa shape index (κ1) is 24.0. The van der Waals surface area contributed by atoms with Crippen molar-refractivity contribution in [1.82, 2.24) is 10.9 Å². The second-order valence-electron chi connectivity index (χ2n) is 5.97. The molecule has 0 atom stereocenters. The van der Waals surface area contributed by atoms with Crippen molar-refractivity contribution >= 4 is 58.3 Å². The van der Waals surface area contributed by atoms with Crippen molar-refractivity contribution in [2.24, 2.45) is 0 Å². The van der Waals surface area contributed by atoms with Crippen molar-refractivity contribution in [3.05, 3.63) is 54.1 Å². The van der Waals surface area contributed by atoms with E-state index in [4.69, 9.17) is 17.0 Å². The number of methoxy groups -OCH3 is 2. The average molecular weight is 463 g/mol. The van der Waals surface area contributed by atoms with Crippen molar-refractivity contribution in [3.63, 3.8) is 0 Å². The molecule has 0 aromatic heterocycles. The Morgan fingerprint density at radius 1 is 0.903 bits per heavy atom. The van der Waals surface area contributed by atoms with E-state index in [9.17, 15) is 14.4 Å². The number of ether oxygens (including phenoxy) is 2. The third-order valence-corrected chi connectivity index (χ3v) is 4.83. The highest BCUT2D eigenvalue weighted by atomic mass is 32.2. The van der Waals surface area contributed by atoms with E-state index in [0.29, 0.717) is 22.7 Å². The van der Waals surface area contributed by atoms with Gasteiger partial charge in [-0.15, -0.1) is 11.8 Å². The van der Waals surface area contributed by atoms with E-state index in [1.807, 2.05) is 0 Å². The van der Waals surface area contributed by atoms with Gasteiger partial charge >= 0.3 is 5.97 Å². The second kappa shape index (κ2) is 12.4.